The van der Waals surface area contributed by atoms with Crippen LogP contribution >= 0.6 is 11.6 Å². The Balaban J connectivity index is 1.83. The van der Waals surface area contributed by atoms with E-state index in [2.05, 4.69) is 10.6 Å². The van der Waals surface area contributed by atoms with E-state index in [0.29, 0.717) is 22.0 Å². The van der Waals surface area contributed by atoms with Gasteiger partial charge >= 0.3 is 6.03 Å². The van der Waals surface area contributed by atoms with Crippen molar-refractivity contribution in [2.75, 3.05) is 38.6 Å². The fourth-order valence-corrected chi connectivity index (χ4v) is 3.40. The molecule has 2 aromatic carbocycles. The van der Waals surface area contributed by atoms with Crippen molar-refractivity contribution < 1.29 is 19.1 Å². The second-order valence-corrected chi connectivity index (χ2v) is 7.25. The number of rotatable bonds is 6. The Labute approximate surface area is 185 Å². The van der Waals surface area contributed by atoms with Crippen LogP contribution in [0.2, 0.25) is 5.02 Å². The topological polar surface area (TPSA) is 117 Å². The van der Waals surface area contributed by atoms with Crippen LogP contribution in [-0.2, 0) is 4.79 Å². The molecule has 1 atom stereocenters. The molecule has 0 spiro atoms. The third kappa shape index (κ3) is 5.25. The number of anilines is 1. The molecule has 1 aliphatic rings. The van der Waals surface area contributed by atoms with Crippen molar-refractivity contribution in [1.29, 1.82) is 0 Å². The number of nitrogens with zero attached hydrogens (tertiary/aromatic N) is 2. The first-order chi connectivity index (χ1) is 14.9. The highest BCUT2D eigenvalue weighted by Crippen LogP contribution is 2.22. The van der Waals surface area contributed by atoms with Gasteiger partial charge in [-0.1, -0.05) is 17.7 Å². The fourth-order valence-electron chi connectivity index (χ4n) is 3.27. The van der Waals surface area contributed by atoms with Crippen LogP contribution in [0.1, 0.15) is 10.4 Å². The van der Waals surface area contributed by atoms with Gasteiger partial charge < -0.3 is 26.0 Å². The molecule has 0 bridgehead atoms. The van der Waals surface area contributed by atoms with E-state index in [-0.39, 0.29) is 32.1 Å². The lowest BCUT2D eigenvalue weighted by Crippen LogP contribution is -2.55. The number of carbonyl (C=O) groups excluding carboxylic acids is 3. The van der Waals surface area contributed by atoms with Gasteiger partial charge in [0.25, 0.3) is 11.8 Å². The molecule has 0 aromatic heterocycles. The minimum absolute atomic E-state index is 0.190. The molecule has 1 aliphatic heterocycles. The van der Waals surface area contributed by atoms with Crippen molar-refractivity contribution in [3.63, 3.8) is 0 Å². The molecule has 1 heterocycles. The summed E-state index contributed by atoms with van der Waals surface area (Å²) in [4.78, 5) is 41.6. The van der Waals surface area contributed by atoms with Crippen LogP contribution in [0.3, 0.4) is 0 Å². The van der Waals surface area contributed by atoms with Crippen molar-refractivity contribution in [2.24, 2.45) is 5.73 Å². The van der Waals surface area contributed by atoms with Crippen molar-refractivity contribution >= 4 is 35.1 Å². The van der Waals surface area contributed by atoms with E-state index < -0.39 is 18.1 Å². The van der Waals surface area contributed by atoms with E-state index in [9.17, 15) is 14.4 Å². The van der Waals surface area contributed by atoms with Gasteiger partial charge in [0.15, 0.2) is 6.17 Å². The van der Waals surface area contributed by atoms with E-state index in [1.54, 1.807) is 48.5 Å². The largest absolute Gasteiger partial charge is 0.497 e. The van der Waals surface area contributed by atoms with Gasteiger partial charge in [-0.2, -0.15) is 0 Å². The fraction of sp³-hybridized carbons (Fsp3) is 0.286. The number of benzene rings is 2. The number of hydrogen-bond donors (Lipinski definition) is 3. The lowest BCUT2D eigenvalue weighted by Gasteiger charge is -2.29. The molecule has 0 radical (unpaired) electrons. The van der Waals surface area contributed by atoms with Crippen LogP contribution in [0.15, 0.2) is 48.5 Å². The van der Waals surface area contributed by atoms with Crippen LogP contribution in [0, 0.1) is 0 Å². The van der Waals surface area contributed by atoms with Crippen LogP contribution < -0.4 is 21.1 Å². The molecule has 0 saturated carbocycles. The molecule has 0 aliphatic carbocycles. The number of nitrogens with one attached hydrogen (secondary N) is 2. The summed E-state index contributed by atoms with van der Waals surface area (Å²) in [5.74, 6) is -0.342. The summed E-state index contributed by atoms with van der Waals surface area (Å²) in [6, 6.07) is 12.7. The third-order valence-corrected chi connectivity index (χ3v) is 5.04. The zero-order valence-corrected chi connectivity index (χ0v) is 17.8. The molecule has 2 aromatic rings. The molecular weight excluding hydrogens is 422 g/mol. The highest BCUT2D eigenvalue weighted by Gasteiger charge is 2.43. The Hall–Kier alpha value is -3.30. The van der Waals surface area contributed by atoms with Crippen molar-refractivity contribution in [3.8, 4) is 5.75 Å². The third-order valence-electron chi connectivity index (χ3n) is 4.78. The summed E-state index contributed by atoms with van der Waals surface area (Å²) in [6.07, 6.45) is -1.11. The minimum atomic E-state index is -1.11. The van der Waals surface area contributed by atoms with Crippen molar-refractivity contribution in [1.82, 2.24) is 15.1 Å². The monoisotopic (exact) mass is 445 g/mol. The van der Waals surface area contributed by atoms with Crippen LogP contribution in [-0.4, -0.2) is 67.1 Å². The quantitative estimate of drug-likeness (QED) is 0.626. The van der Waals surface area contributed by atoms with Crippen molar-refractivity contribution in [3.05, 3.63) is 59.1 Å². The lowest BCUT2D eigenvalue weighted by molar-refractivity contribution is -0.127. The zero-order chi connectivity index (χ0) is 22.4. The summed E-state index contributed by atoms with van der Waals surface area (Å²) in [5, 5.41) is 5.94. The van der Waals surface area contributed by atoms with E-state index >= 15 is 0 Å². The molecule has 1 saturated heterocycles. The molecule has 31 heavy (non-hydrogen) atoms. The maximum Gasteiger partial charge on any atom is 0.323 e. The number of methoxy groups -OCH3 is 1. The van der Waals surface area contributed by atoms with Crippen LogP contribution in [0.4, 0.5) is 10.5 Å². The summed E-state index contributed by atoms with van der Waals surface area (Å²) < 4.78 is 5.18. The first-order valence-electron chi connectivity index (χ1n) is 9.70. The summed E-state index contributed by atoms with van der Waals surface area (Å²) in [6.45, 7) is 0.850. The number of nitrogens with two attached hydrogens (primary N) is 1. The number of carbonyl (C=O) groups is 3. The number of hydrogen-bond acceptors (Lipinski definition) is 5. The van der Waals surface area contributed by atoms with Crippen molar-refractivity contribution in [2.45, 2.75) is 6.17 Å². The molecule has 4 amide bonds. The smallest absolute Gasteiger partial charge is 0.323 e. The normalized spacial score (nSPS) is 15.5. The highest BCUT2D eigenvalue weighted by molar-refractivity contribution is 6.30. The first kappa shape index (κ1) is 22.4. The number of halogens is 1. The Morgan fingerprint density at radius 3 is 2.52 bits per heavy atom. The predicted octanol–water partition coefficient (Wildman–Crippen LogP) is 1.74. The molecule has 3 rings (SSSR count). The van der Waals surface area contributed by atoms with Gasteiger partial charge in [0.2, 0.25) is 0 Å². The van der Waals surface area contributed by atoms with E-state index in [1.165, 1.54) is 16.9 Å². The lowest BCUT2D eigenvalue weighted by atomic mass is 10.2. The Morgan fingerprint density at radius 1 is 1.13 bits per heavy atom. The molecule has 9 nitrogen and oxygen atoms in total. The van der Waals surface area contributed by atoms with Gasteiger partial charge in [0, 0.05) is 42.5 Å². The van der Waals surface area contributed by atoms with Gasteiger partial charge in [0.05, 0.1) is 7.11 Å². The predicted molar refractivity (Wildman–Crippen MR) is 117 cm³/mol. The molecule has 1 fully saturated rings. The average Bonchev–Trinajstić information content (AvgIpc) is 3.24. The average molecular weight is 446 g/mol. The second-order valence-electron chi connectivity index (χ2n) is 6.81. The summed E-state index contributed by atoms with van der Waals surface area (Å²) in [5.41, 5.74) is 6.37. The number of amides is 4. The zero-order valence-electron chi connectivity index (χ0n) is 17.0. The molecule has 4 N–H and O–H groups in total. The highest BCUT2D eigenvalue weighted by atomic mass is 35.5. The van der Waals surface area contributed by atoms with Crippen LogP contribution in [0.5, 0.6) is 5.75 Å². The van der Waals surface area contributed by atoms with Gasteiger partial charge in [-0.3, -0.25) is 14.5 Å². The van der Waals surface area contributed by atoms with E-state index in [1.807, 2.05) is 0 Å². The molecule has 1 unspecified atom stereocenters. The maximum absolute atomic E-state index is 13.2. The van der Waals surface area contributed by atoms with Gasteiger partial charge in [0.1, 0.15) is 5.75 Å². The van der Waals surface area contributed by atoms with Gasteiger partial charge in [-0.25, -0.2) is 4.79 Å². The Bertz CT molecular complexity index is 953. The first-order valence-corrected chi connectivity index (χ1v) is 10.1. The second kappa shape index (κ2) is 10.1. The van der Waals surface area contributed by atoms with E-state index in [4.69, 9.17) is 22.1 Å². The minimum Gasteiger partial charge on any atom is -0.497 e. The number of ether oxygens (including phenoxy) is 1. The summed E-state index contributed by atoms with van der Waals surface area (Å²) >= 11 is 5.88. The van der Waals surface area contributed by atoms with Gasteiger partial charge in [-0.05, 0) is 42.5 Å². The molecule has 10 heteroatoms. The van der Waals surface area contributed by atoms with E-state index in [0.717, 1.165) is 0 Å². The SMILES string of the molecule is COc1cccc(C(=O)N2CCN(C(=O)Nc3ccc(Cl)cc3)C2C(=O)NCCN)c1. The molecular formula is C21H24ClN5O4. The standard InChI is InChI=1S/C21H24ClN5O4/c1-31-17-4-2-3-14(13-17)20(29)26-11-12-27(19(26)18(28)24-10-9-23)21(30)25-16-7-5-15(22)6-8-16/h2-8,13,19H,9-12,23H2,1H3,(H,24,28)(H,25,30). The summed E-state index contributed by atoms with van der Waals surface area (Å²) in [7, 11) is 1.51. The Kier molecular flexibility index (Phi) is 7.32. The molecule has 164 valence electrons. The van der Waals surface area contributed by atoms with Gasteiger partial charge in [-0.15, -0.1) is 0 Å². The maximum atomic E-state index is 13.2. The van der Waals surface area contributed by atoms with Crippen LogP contribution in [0.25, 0.3) is 0 Å². The number of urea groups is 1. The Morgan fingerprint density at radius 2 is 1.84 bits per heavy atom.